The molecule has 0 saturated heterocycles. The lowest BCUT2D eigenvalue weighted by Crippen LogP contribution is -2.35. The molecule has 8 heteroatoms. The Bertz CT molecular complexity index is 884. The summed E-state index contributed by atoms with van der Waals surface area (Å²) in [7, 11) is 1.16. The van der Waals surface area contributed by atoms with E-state index in [4.69, 9.17) is 0 Å². The molecule has 0 saturated carbocycles. The van der Waals surface area contributed by atoms with Crippen LogP contribution in [0.4, 0.5) is 0 Å². The molecule has 134 valence electrons. The lowest BCUT2D eigenvalue weighted by atomic mass is 10.2. The molecule has 26 heavy (non-hydrogen) atoms. The first-order chi connectivity index (χ1) is 12.3. The van der Waals surface area contributed by atoms with Gasteiger partial charge in [-0.2, -0.15) is 0 Å². The number of aromatic nitrogens is 1. The zero-order valence-electron chi connectivity index (χ0n) is 14.3. The van der Waals surface area contributed by atoms with Crippen molar-refractivity contribution < 1.29 is 19.1 Å². The summed E-state index contributed by atoms with van der Waals surface area (Å²) < 4.78 is 4.42. The third kappa shape index (κ3) is 4.64. The molecule has 1 heterocycles. The Morgan fingerprint density at radius 1 is 1.08 bits per heavy atom. The zero-order chi connectivity index (χ0) is 19.3. The number of nitrogens with zero attached hydrogens (tertiary/aromatic N) is 1. The summed E-state index contributed by atoms with van der Waals surface area (Å²) in [5.41, 5.74) is 1.67. The molecule has 1 aromatic carbocycles. The quantitative estimate of drug-likeness (QED) is 0.599. The minimum absolute atomic E-state index is 0.159. The van der Waals surface area contributed by atoms with Crippen molar-refractivity contribution in [3.63, 3.8) is 0 Å². The molecule has 0 radical (unpaired) electrons. The number of benzene rings is 1. The Morgan fingerprint density at radius 3 is 2.35 bits per heavy atom. The van der Waals surface area contributed by atoms with Crippen molar-refractivity contribution in [1.82, 2.24) is 15.6 Å². The minimum Gasteiger partial charge on any atom is -0.464 e. The summed E-state index contributed by atoms with van der Waals surface area (Å²) in [5, 5.41) is 6.79. The van der Waals surface area contributed by atoms with E-state index in [9.17, 15) is 14.4 Å². The number of hydrogen-bond acceptors (Lipinski definition) is 6. The van der Waals surface area contributed by atoms with Crippen molar-refractivity contribution in [1.29, 1.82) is 0 Å². The van der Waals surface area contributed by atoms with E-state index < -0.39 is 17.8 Å². The molecule has 1 aromatic heterocycles. The van der Waals surface area contributed by atoms with Crippen LogP contribution in [0, 0.1) is 6.92 Å². The van der Waals surface area contributed by atoms with Gasteiger partial charge in [0.25, 0.3) is 11.8 Å². The highest BCUT2D eigenvalue weighted by Gasteiger charge is 2.18. The average Bonchev–Trinajstić information content (AvgIpc) is 3.11. The van der Waals surface area contributed by atoms with Crippen LogP contribution in [0.15, 0.2) is 54.2 Å². The lowest BCUT2D eigenvalue weighted by molar-refractivity contribution is -0.137. The Kier molecular flexibility index (Phi) is 6.03. The van der Waals surface area contributed by atoms with Crippen LogP contribution in [-0.4, -0.2) is 29.9 Å². The molecule has 2 amide bonds. The highest BCUT2D eigenvalue weighted by molar-refractivity contribution is 7.13. The van der Waals surface area contributed by atoms with Gasteiger partial charge in [-0.3, -0.25) is 9.59 Å². The van der Waals surface area contributed by atoms with E-state index in [-0.39, 0.29) is 17.1 Å². The minimum atomic E-state index is -0.792. The molecule has 0 fully saturated rings. The van der Waals surface area contributed by atoms with Gasteiger partial charge in [0.05, 0.1) is 12.8 Å². The van der Waals surface area contributed by atoms with Gasteiger partial charge in [-0.1, -0.05) is 43.0 Å². The zero-order valence-corrected chi connectivity index (χ0v) is 15.1. The predicted molar refractivity (Wildman–Crippen MR) is 98.2 cm³/mol. The van der Waals surface area contributed by atoms with Gasteiger partial charge in [-0.05, 0) is 6.92 Å². The van der Waals surface area contributed by atoms with Crippen molar-refractivity contribution >= 4 is 29.1 Å². The maximum absolute atomic E-state index is 12.2. The fraction of sp³-hybridized carbons (Fsp3) is 0.111. The number of carbonyl (C=O) groups excluding carboxylic acids is 3. The number of rotatable bonds is 6. The van der Waals surface area contributed by atoms with Crippen molar-refractivity contribution in [2.75, 3.05) is 7.11 Å². The molecule has 0 bridgehead atoms. The topological polar surface area (TPSA) is 97.4 Å². The summed E-state index contributed by atoms with van der Waals surface area (Å²) in [6, 6.07) is 7.75. The summed E-state index contributed by atoms with van der Waals surface area (Å²) in [5.74, 6) is -2.15. The second-order valence-corrected chi connectivity index (χ2v) is 6.12. The standard InChI is InChI=1S/C18H17N3O4S/c1-10-5-7-13(8-6-10)17-21-14(9-26-17)16(23)19-11(2)15(22)20-12(3)18(24)25-4/h5-9H,2-3H2,1,4H3,(H,19,23)(H,20,22). The molecule has 2 N–H and O–H groups in total. The number of aryl methyl sites for hydroxylation is 1. The van der Waals surface area contributed by atoms with Crippen molar-refractivity contribution in [2.24, 2.45) is 0 Å². The number of carbonyl (C=O) groups is 3. The molecule has 2 rings (SSSR count). The Morgan fingerprint density at radius 2 is 1.73 bits per heavy atom. The summed E-state index contributed by atoms with van der Waals surface area (Å²) in [6.45, 7) is 8.81. The van der Waals surface area contributed by atoms with Crippen LogP contribution in [0.25, 0.3) is 10.6 Å². The summed E-state index contributed by atoms with van der Waals surface area (Å²) in [6.07, 6.45) is 0. The molecular weight excluding hydrogens is 354 g/mol. The lowest BCUT2D eigenvalue weighted by Gasteiger charge is -2.09. The third-order valence-electron chi connectivity index (χ3n) is 3.27. The first-order valence-corrected chi connectivity index (χ1v) is 8.31. The van der Waals surface area contributed by atoms with Crippen LogP contribution in [0.3, 0.4) is 0 Å². The molecule has 0 aliphatic rings. The molecule has 7 nitrogen and oxygen atoms in total. The van der Waals surface area contributed by atoms with E-state index in [1.54, 1.807) is 5.38 Å². The SMILES string of the molecule is C=C(NC(=O)c1csc(-c2ccc(C)cc2)n1)C(=O)NC(=C)C(=O)OC. The Balaban J connectivity index is 2.00. The van der Waals surface area contributed by atoms with Gasteiger partial charge >= 0.3 is 5.97 Å². The second kappa shape index (κ2) is 8.21. The maximum Gasteiger partial charge on any atom is 0.353 e. The van der Waals surface area contributed by atoms with E-state index in [1.807, 2.05) is 31.2 Å². The van der Waals surface area contributed by atoms with Gasteiger partial charge in [0.15, 0.2) is 0 Å². The highest BCUT2D eigenvalue weighted by Crippen LogP contribution is 2.24. The fourth-order valence-corrected chi connectivity index (χ4v) is 2.66. The number of thiazole rings is 1. The van der Waals surface area contributed by atoms with Gasteiger partial charge in [0.1, 0.15) is 16.4 Å². The maximum atomic E-state index is 12.2. The average molecular weight is 371 g/mol. The van der Waals surface area contributed by atoms with Crippen LogP contribution in [0.1, 0.15) is 16.1 Å². The Hall–Kier alpha value is -3.26. The number of amides is 2. The van der Waals surface area contributed by atoms with E-state index in [0.717, 1.165) is 18.2 Å². The number of ether oxygens (including phenoxy) is 1. The van der Waals surface area contributed by atoms with Crippen LogP contribution < -0.4 is 10.6 Å². The third-order valence-corrected chi connectivity index (χ3v) is 4.16. The molecular formula is C18H17N3O4S. The fourth-order valence-electron chi connectivity index (χ4n) is 1.85. The first-order valence-electron chi connectivity index (χ1n) is 7.43. The number of methoxy groups -OCH3 is 1. The van der Waals surface area contributed by atoms with Crippen LogP contribution in [-0.2, 0) is 14.3 Å². The first kappa shape index (κ1) is 19.1. The number of nitrogens with one attached hydrogen (secondary N) is 2. The van der Waals surface area contributed by atoms with Crippen LogP contribution in [0.2, 0.25) is 0 Å². The monoisotopic (exact) mass is 371 g/mol. The predicted octanol–water partition coefficient (Wildman–Crippen LogP) is 2.16. The smallest absolute Gasteiger partial charge is 0.353 e. The second-order valence-electron chi connectivity index (χ2n) is 5.26. The number of esters is 1. The van der Waals surface area contributed by atoms with Gasteiger partial charge in [0.2, 0.25) is 0 Å². The molecule has 0 spiro atoms. The van der Waals surface area contributed by atoms with Gasteiger partial charge in [0, 0.05) is 10.9 Å². The van der Waals surface area contributed by atoms with Crippen molar-refractivity contribution in [2.45, 2.75) is 6.92 Å². The molecule has 0 aliphatic carbocycles. The molecule has 0 atom stereocenters. The van der Waals surface area contributed by atoms with Gasteiger partial charge in [-0.25, -0.2) is 9.78 Å². The van der Waals surface area contributed by atoms with E-state index in [0.29, 0.717) is 5.01 Å². The normalized spacial score (nSPS) is 9.92. The van der Waals surface area contributed by atoms with Crippen molar-refractivity contribution in [3.8, 4) is 10.6 Å². The van der Waals surface area contributed by atoms with E-state index >= 15 is 0 Å². The van der Waals surface area contributed by atoms with E-state index in [2.05, 4.69) is 33.5 Å². The van der Waals surface area contributed by atoms with Crippen molar-refractivity contribution in [3.05, 3.63) is 65.5 Å². The van der Waals surface area contributed by atoms with Gasteiger partial charge in [-0.15, -0.1) is 11.3 Å². The molecule has 2 aromatic rings. The largest absolute Gasteiger partial charge is 0.464 e. The number of hydrogen-bond donors (Lipinski definition) is 2. The Labute approximate surface area is 154 Å². The molecule has 0 unspecified atom stereocenters. The molecule has 0 aliphatic heterocycles. The highest BCUT2D eigenvalue weighted by atomic mass is 32.1. The van der Waals surface area contributed by atoms with Gasteiger partial charge < -0.3 is 15.4 Å². The van der Waals surface area contributed by atoms with Crippen LogP contribution >= 0.6 is 11.3 Å². The van der Waals surface area contributed by atoms with Crippen LogP contribution in [0.5, 0.6) is 0 Å². The summed E-state index contributed by atoms with van der Waals surface area (Å²) >= 11 is 1.31. The van der Waals surface area contributed by atoms with E-state index in [1.165, 1.54) is 11.3 Å². The summed E-state index contributed by atoms with van der Waals surface area (Å²) in [4.78, 5) is 39.6.